The van der Waals surface area contributed by atoms with Gasteiger partial charge in [0, 0.05) is 11.1 Å². The van der Waals surface area contributed by atoms with Gasteiger partial charge in [0.15, 0.2) is 0 Å². The molecule has 0 aliphatic carbocycles. The number of hydrogen-bond acceptors (Lipinski definition) is 5. The van der Waals surface area contributed by atoms with E-state index in [2.05, 4.69) is 10.6 Å². The Hall–Kier alpha value is -3.26. The maximum absolute atomic E-state index is 14.2. The van der Waals surface area contributed by atoms with E-state index in [0.29, 0.717) is 10.7 Å². The molecule has 0 fully saturated rings. The Morgan fingerprint density at radius 3 is 2.08 bits per heavy atom. The highest BCUT2D eigenvalue weighted by atomic mass is 35.5. The van der Waals surface area contributed by atoms with E-state index in [0.717, 1.165) is 5.56 Å². The van der Waals surface area contributed by atoms with Gasteiger partial charge in [0.1, 0.15) is 23.4 Å². The zero-order valence-electron chi connectivity index (χ0n) is 23.7. The van der Waals surface area contributed by atoms with Crippen molar-refractivity contribution in [2.24, 2.45) is 5.92 Å². The fraction of sp³-hybridized carbons (Fsp3) is 0.483. The number of halogens is 1. The first-order chi connectivity index (χ1) is 17.4. The number of para-hydroxylation sites is 2. The topological polar surface area (TPSA) is 108 Å². The number of benzene rings is 2. The summed E-state index contributed by atoms with van der Waals surface area (Å²) < 4.78 is 5.40. The largest absolute Gasteiger partial charge is 0.508 e. The van der Waals surface area contributed by atoms with Crippen molar-refractivity contribution in [3.8, 4) is 5.75 Å². The van der Waals surface area contributed by atoms with Crippen LogP contribution in [0.15, 0.2) is 42.5 Å². The molecular formula is C29H40ClN3O5. The van der Waals surface area contributed by atoms with Crippen LogP contribution in [-0.2, 0) is 14.3 Å². The summed E-state index contributed by atoms with van der Waals surface area (Å²) in [6, 6.07) is 9.35. The van der Waals surface area contributed by atoms with Crippen molar-refractivity contribution in [2.45, 2.75) is 85.5 Å². The molecule has 3 amide bonds. The van der Waals surface area contributed by atoms with Gasteiger partial charge in [0.05, 0.1) is 10.7 Å². The molecule has 0 aliphatic rings. The van der Waals surface area contributed by atoms with Crippen molar-refractivity contribution in [2.75, 3.05) is 5.32 Å². The van der Waals surface area contributed by atoms with Gasteiger partial charge in [-0.3, -0.25) is 9.59 Å². The highest BCUT2D eigenvalue weighted by Crippen LogP contribution is 2.36. The molecule has 2 rings (SSSR count). The Labute approximate surface area is 230 Å². The molecule has 2 aromatic rings. The summed E-state index contributed by atoms with van der Waals surface area (Å²) in [4.78, 5) is 42.2. The first-order valence-corrected chi connectivity index (χ1v) is 13.0. The fourth-order valence-electron chi connectivity index (χ4n) is 4.04. The van der Waals surface area contributed by atoms with Crippen molar-refractivity contribution < 1.29 is 24.2 Å². The van der Waals surface area contributed by atoms with Gasteiger partial charge in [-0.25, -0.2) is 4.79 Å². The van der Waals surface area contributed by atoms with E-state index < -0.39 is 41.1 Å². The molecule has 9 heteroatoms. The summed E-state index contributed by atoms with van der Waals surface area (Å²) in [7, 11) is 0. The minimum Gasteiger partial charge on any atom is -0.508 e. The smallest absolute Gasteiger partial charge is 0.408 e. The second-order valence-electron chi connectivity index (χ2n) is 11.6. The van der Waals surface area contributed by atoms with Gasteiger partial charge >= 0.3 is 6.09 Å². The highest BCUT2D eigenvalue weighted by Gasteiger charge is 2.43. The zero-order valence-corrected chi connectivity index (χ0v) is 24.4. The summed E-state index contributed by atoms with van der Waals surface area (Å²) in [6.45, 7) is 16.0. The number of anilines is 1. The van der Waals surface area contributed by atoms with Gasteiger partial charge in [0.25, 0.3) is 5.91 Å². The van der Waals surface area contributed by atoms with Gasteiger partial charge in [-0.1, -0.05) is 55.8 Å². The quantitative estimate of drug-likeness (QED) is 0.383. The minimum atomic E-state index is -1.25. The van der Waals surface area contributed by atoms with Crippen molar-refractivity contribution in [1.29, 1.82) is 0 Å². The van der Waals surface area contributed by atoms with Gasteiger partial charge in [-0.15, -0.1) is 0 Å². The lowest BCUT2D eigenvalue weighted by molar-refractivity contribution is -0.147. The van der Waals surface area contributed by atoms with Crippen molar-refractivity contribution in [3.05, 3.63) is 58.6 Å². The summed E-state index contributed by atoms with van der Waals surface area (Å²) in [6.07, 6.45) is -0.742. The van der Waals surface area contributed by atoms with E-state index in [4.69, 9.17) is 16.3 Å². The third-order valence-electron chi connectivity index (χ3n) is 5.77. The van der Waals surface area contributed by atoms with Gasteiger partial charge in [-0.05, 0) is 72.1 Å². The molecule has 0 spiro atoms. The molecule has 38 heavy (non-hydrogen) atoms. The third-order valence-corrected chi connectivity index (χ3v) is 6.09. The molecule has 0 aliphatic heterocycles. The lowest BCUT2D eigenvalue weighted by Crippen LogP contribution is -2.59. The Balaban J connectivity index is 2.64. The number of carbonyl (C=O) groups excluding carboxylic acids is 3. The zero-order chi connectivity index (χ0) is 29.0. The Bertz CT molecular complexity index is 1150. The molecule has 208 valence electrons. The van der Waals surface area contributed by atoms with Crippen molar-refractivity contribution in [3.63, 3.8) is 0 Å². The van der Waals surface area contributed by atoms with Gasteiger partial charge in [-0.2, -0.15) is 0 Å². The lowest BCUT2D eigenvalue weighted by atomic mass is 9.92. The molecule has 3 N–H and O–H groups in total. The predicted molar refractivity (Wildman–Crippen MR) is 150 cm³/mol. The first-order valence-electron chi connectivity index (χ1n) is 12.6. The summed E-state index contributed by atoms with van der Waals surface area (Å²) in [5.41, 5.74) is -0.281. The monoisotopic (exact) mass is 545 g/mol. The van der Waals surface area contributed by atoms with Crippen LogP contribution in [0.5, 0.6) is 5.75 Å². The number of nitrogens with one attached hydrogen (secondary N) is 2. The molecule has 2 aromatic carbocycles. The van der Waals surface area contributed by atoms with Crippen LogP contribution in [0, 0.1) is 12.8 Å². The summed E-state index contributed by atoms with van der Waals surface area (Å²) in [5.74, 6) is -1.55. The van der Waals surface area contributed by atoms with Crippen LogP contribution in [0.4, 0.5) is 10.5 Å². The highest BCUT2D eigenvalue weighted by molar-refractivity contribution is 6.34. The number of carbonyl (C=O) groups is 3. The number of alkyl carbamates (subject to hydrolysis) is 1. The first kappa shape index (κ1) is 31.0. The number of rotatable bonds is 7. The molecule has 0 bridgehead atoms. The second kappa shape index (κ2) is 12.1. The molecule has 0 saturated carbocycles. The number of phenols is 1. The standard InChI is InChI=1S/C29H40ClN3O5/c1-17(2)22(32-27(37)38-29(7,8)9)26(36)33(28(4,5)6)24(19-14-10-11-16-21(19)34)25(35)31-23-18(3)13-12-15-20(23)30/h10-17,22,24,34H,1-9H3,(H,31,35)(H,32,37). The van der Waals surface area contributed by atoms with E-state index in [1.165, 1.54) is 11.0 Å². The van der Waals surface area contributed by atoms with E-state index in [1.54, 1.807) is 85.7 Å². The lowest BCUT2D eigenvalue weighted by Gasteiger charge is -2.43. The number of hydrogen-bond donors (Lipinski definition) is 3. The minimum absolute atomic E-state index is 0.147. The van der Waals surface area contributed by atoms with E-state index >= 15 is 0 Å². The van der Waals surface area contributed by atoms with Crippen molar-refractivity contribution >= 4 is 35.2 Å². The van der Waals surface area contributed by atoms with Crippen LogP contribution in [0.25, 0.3) is 0 Å². The molecule has 2 atom stereocenters. The van der Waals surface area contributed by atoms with E-state index in [9.17, 15) is 19.5 Å². The van der Waals surface area contributed by atoms with Crippen LogP contribution in [0.3, 0.4) is 0 Å². The third kappa shape index (κ3) is 7.87. The predicted octanol–water partition coefficient (Wildman–Crippen LogP) is 6.21. The normalized spacial score (nSPS) is 13.4. The van der Waals surface area contributed by atoms with Gasteiger partial charge < -0.3 is 25.4 Å². The number of amides is 3. The fourth-order valence-corrected chi connectivity index (χ4v) is 4.31. The average molecular weight is 546 g/mol. The van der Waals surface area contributed by atoms with Crippen LogP contribution in [0.2, 0.25) is 5.02 Å². The van der Waals surface area contributed by atoms with Crippen LogP contribution >= 0.6 is 11.6 Å². The number of aryl methyl sites for hydroxylation is 1. The SMILES string of the molecule is Cc1cccc(Cl)c1NC(=O)C(c1ccccc1O)N(C(=O)C(NC(=O)OC(C)(C)C)C(C)C)C(C)(C)C. The Kier molecular flexibility index (Phi) is 9.83. The number of nitrogens with zero attached hydrogens (tertiary/aromatic N) is 1. The van der Waals surface area contributed by atoms with Crippen LogP contribution in [-0.4, -0.2) is 45.1 Å². The molecule has 0 radical (unpaired) electrons. The molecule has 0 aromatic heterocycles. The van der Waals surface area contributed by atoms with E-state index in [1.807, 2.05) is 13.0 Å². The maximum atomic E-state index is 14.2. The second-order valence-corrected chi connectivity index (χ2v) is 12.0. The average Bonchev–Trinajstić information content (AvgIpc) is 2.76. The Morgan fingerprint density at radius 2 is 1.58 bits per heavy atom. The van der Waals surface area contributed by atoms with Crippen LogP contribution in [0.1, 0.15) is 72.6 Å². The Morgan fingerprint density at radius 1 is 0.974 bits per heavy atom. The molecule has 0 saturated heterocycles. The van der Waals surface area contributed by atoms with Gasteiger partial charge in [0.2, 0.25) is 5.91 Å². The van der Waals surface area contributed by atoms with E-state index in [-0.39, 0.29) is 17.2 Å². The number of ether oxygens (including phenoxy) is 1. The molecular weight excluding hydrogens is 506 g/mol. The summed E-state index contributed by atoms with van der Waals surface area (Å²) in [5, 5.41) is 16.7. The summed E-state index contributed by atoms with van der Waals surface area (Å²) >= 11 is 6.38. The molecule has 0 heterocycles. The molecule has 2 unspecified atom stereocenters. The molecule has 8 nitrogen and oxygen atoms in total. The maximum Gasteiger partial charge on any atom is 0.408 e. The van der Waals surface area contributed by atoms with Crippen molar-refractivity contribution in [1.82, 2.24) is 10.2 Å². The number of phenolic OH excluding ortho intramolecular Hbond substituents is 1. The number of aromatic hydroxyl groups is 1. The van der Waals surface area contributed by atoms with Crippen LogP contribution < -0.4 is 10.6 Å².